The second kappa shape index (κ2) is 7.14. The maximum Gasteiger partial charge on any atom is 0.172 e. The van der Waals surface area contributed by atoms with Gasteiger partial charge in [-0.05, 0) is 45.0 Å². The predicted molar refractivity (Wildman–Crippen MR) is 101 cm³/mol. The number of nitrogens with one attached hydrogen (secondary N) is 1. The van der Waals surface area contributed by atoms with Gasteiger partial charge in [0.25, 0.3) is 0 Å². The van der Waals surface area contributed by atoms with Crippen LogP contribution >= 0.6 is 0 Å². The summed E-state index contributed by atoms with van der Waals surface area (Å²) in [5, 5.41) is 3.61. The van der Waals surface area contributed by atoms with Gasteiger partial charge in [-0.3, -0.25) is 0 Å². The summed E-state index contributed by atoms with van der Waals surface area (Å²) < 4.78 is 5.50. The molecule has 1 aliphatic carbocycles. The number of benzene rings is 1. The van der Waals surface area contributed by atoms with Crippen LogP contribution in [0.5, 0.6) is 0 Å². The van der Waals surface area contributed by atoms with Crippen LogP contribution in [0.1, 0.15) is 12.8 Å². The molecule has 25 heavy (non-hydrogen) atoms. The third kappa shape index (κ3) is 3.70. The number of rotatable bonds is 6. The summed E-state index contributed by atoms with van der Waals surface area (Å²) in [7, 11) is 4.33. The molecule has 134 valence electrons. The number of fused-ring (bicyclic) bond motifs is 1. The van der Waals surface area contributed by atoms with Crippen molar-refractivity contribution in [3.8, 4) is 0 Å². The van der Waals surface area contributed by atoms with Gasteiger partial charge >= 0.3 is 0 Å². The van der Waals surface area contributed by atoms with E-state index in [1.54, 1.807) is 0 Å². The van der Waals surface area contributed by atoms with E-state index in [1.807, 2.05) is 24.3 Å². The van der Waals surface area contributed by atoms with Crippen molar-refractivity contribution in [3.63, 3.8) is 0 Å². The lowest BCUT2D eigenvalue weighted by Gasteiger charge is -2.30. The lowest BCUT2D eigenvalue weighted by molar-refractivity contribution is 0.122. The molecule has 1 atom stereocenters. The summed E-state index contributed by atoms with van der Waals surface area (Å²) >= 11 is 0. The van der Waals surface area contributed by atoms with Gasteiger partial charge in [-0.15, -0.1) is 0 Å². The van der Waals surface area contributed by atoms with Crippen LogP contribution in [0.15, 0.2) is 24.3 Å². The van der Waals surface area contributed by atoms with E-state index >= 15 is 0 Å². The van der Waals surface area contributed by atoms with Gasteiger partial charge in [0.1, 0.15) is 0 Å². The lowest BCUT2D eigenvalue weighted by Crippen LogP contribution is -2.39. The highest BCUT2D eigenvalue weighted by Crippen LogP contribution is 2.35. The fourth-order valence-corrected chi connectivity index (χ4v) is 3.56. The third-order valence-electron chi connectivity index (χ3n) is 5.17. The summed E-state index contributed by atoms with van der Waals surface area (Å²) in [6.07, 6.45) is 2.68. The van der Waals surface area contributed by atoms with Gasteiger partial charge in [-0.25, -0.2) is 9.97 Å². The van der Waals surface area contributed by atoms with E-state index in [2.05, 4.69) is 29.2 Å². The first kappa shape index (κ1) is 16.5. The first-order valence-electron chi connectivity index (χ1n) is 9.22. The molecule has 1 aromatic carbocycles. The highest BCUT2D eigenvalue weighted by Gasteiger charge is 2.32. The highest BCUT2D eigenvalue weighted by molar-refractivity contribution is 5.80. The largest absolute Gasteiger partial charge is 0.378 e. The minimum atomic E-state index is 0.547. The van der Waals surface area contributed by atoms with Gasteiger partial charge in [-0.1, -0.05) is 12.1 Å². The van der Waals surface area contributed by atoms with Crippen LogP contribution in [0.3, 0.4) is 0 Å². The molecule has 1 aromatic heterocycles. The molecule has 2 heterocycles. The summed E-state index contributed by atoms with van der Waals surface area (Å²) in [5.74, 6) is 2.66. The van der Waals surface area contributed by atoms with Crippen molar-refractivity contribution in [2.45, 2.75) is 18.9 Å². The minimum absolute atomic E-state index is 0.547. The molecule has 1 unspecified atom stereocenters. The fourth-order valence-electron chi connectivity index (χ4n) is 3.56. The van der Waals surface area contributed by atoms with Crippen LogP contribution < -0.4 is 10.2 Å². The lowest BCUT2D eigenvalue weighted by atomic mass is 10.1. The Kier molecular flexibility index (Phi) is 4.72. The van der Waals surface area contributed by atoms with Crippen molar-refractivity contribution in [1.29, 1.82) is 0 Å². The molecule has 1 N–H and O–H groups in total. The van der Waals surface area contributed by atoms with Gasteiger partial charge in [0.2, 0.25) is 0 Å². The zero-order chi connectivity index (χ0) is 17.2. The van der Waals surface area contributed by atoms with E-state index in [4.69, 9.17) is 14.7 Å². The van der Waals surface area contributed by atoms with E-state index in [0.29, 0.717) is 6.04 Å². The first-order valence-corrected chi connectivity index (χ1v) is 9.22. The van der Waals surface area contributed by atoms with E-state index in [0.717, 1.165) is 61.4 Å². The van der Waals surface area contributed by atoms with Gasteiger partial charge in [0.05, 0.1) is 24.2 Å². The molecule has 1 aliphatic heterocycles. The molecule has 4 rings (SSSR count). The maximum absolute atomic E-state index is 5.50. The number of para-hydroxylation sites is 2. The number of aromatic nitrogens is 2. The quantitative estimate of drug-likeness (QED) is 0.869. The molecular formula is C19H27N5O. The Bertz CT molecular complexity index is 723. The Morgan fingerprint density at radius 2 is 1.84 bits per heavy atom. The molecule has 2 aliphatic rings. The SMILES string of the molecule is CN(C)C(CNc1nc2ccccc2nc1N1CCOCC1)C1CC1. The van der Waals surface area contributed by atoms with Crippen molar-refractivity contribution in [3.05, 3.63) is 24.3 Å². The van der Waals surface area contributed by atoms with E-state index in [9.17, 15) is 0 Å². The van der Waals surface area contributed by atoms with Crippen molar-refractivity contribution < 1.29 is 4.74 Å². The third-order valence-corrected chi connectivity index (χ3v) is 5.17. The zero-order valence-electron chi connectivity index (χ0n) is 15.1. The van der Waals surface area contributed by atoms with Crippen molar-refractivity contribution in [2.75, 3.05) is 57.2 Å². The molecule has 1 saturated carbocycles. The van der Waals surface area contributed by atoms with Crippen LogP contribution in [0.25, 0.3) is 11.0 Å². The topological polar surface area (TPSA) is 53.5 Å². The molecule has 0 amide bonds. The number of hydrogen-bond donors (Lipinski definition) is 1. The standard InChI is InChI=1S/C19H27N5O/c1-23(2)17(14-7-8-14)13-20-18-19(24-9-11-25-12-10-24)22-16-6-4-3-5-15(16)21-18/h3-6,14,17H,7-13H2,1-2H3,(H,20,21). The maximum atomic E-state index is 5.50. The van der Waals surface area contributed by atoms with Crippen molar-refractivity contribution in [1.82, 2.24) is 14.9 Å². The minimum Gasteiger partial charge on any atom is -0.378 e. The number of ether oxygens (including phenoxy) is 1. The molecule has 0 spiro atoms. The van der Waals surface area contributed by atoms with Crippen LogP contribution in [-0.2, 0) is 4.74 Å². The van der Waals surface area contributed by atoms with Crippen LogP contribution in [-0.4, -0.2) is 67.9 Å². The average Bonchev–Trinajstić information content (AvgIpc) is 3.47. The summed E-state index contributed by atoms with van der Waals surface area (Å²) in [6, 6.07) is 8.64. The van der Waals surface area contributed by atoms with Gasteiger partial charge in [0, 0.05) is 25.7 Å². The van der Waals surface area contributed by atoms with Gasteiger partial charge in [-0.2, -0.15) is 0 Å². The summed E-state index contributed by atoms with van der Waals surface area (Å²) in [6.45, 7) is 4.12. The monoisotopic (exact) mass is 341 g/mol. The Morgan fingerprint density at radius 1 is 1.16 bits per heavy atom. The predicted octanol–water partition coefficient (Wildman–Crippen LogP) is 2.22. The number of anilines is 2. The Labute approximate surface area is 149 Å². The van der Waals surface area contributed by atoms with Crippen LogP contribution in [0.2, 0.25) is 0 Å². The number of morpholine rings is 1. The molecule has 0 radical (unpaired) electrons. The molecule has 6 nitrogen and oxygen atoms in total. The molecular weight excluding hydrogens is 314 g/mol. The Hall–Kier alpha value is -1.92. The zero-order valence-corrected chi connectivity index (χ0v) is 15.1. The van der Waals surface area contributed by atoms with E-state index < -0.39 is 0 Å². The normalized spacial score (nSPS) is 19.4. The molecule has 2 aromatic rings. The summed E-state index contributed by atoms with van der Waals surface area (Å²) in [4.78, 5) is 14.4. The van der Waals surface area contributed by atoms with E-state index in [1.165, 1.54) is 12.8 Å². The first-order chi connectivity index (χ1) is 12.2. The molecule has 6 heteroatoms. The van der Waals surface area contributed by atoms with Crippen molar-refractivity contribution in [2.24, 2.45) is 5.92 Å². The molecule has 0 bridgehead atoms. The van der Waals surface area contributed by atoms with E-state index in [-0.39, 0.29) is 0 Å². The number of likely N-dealkylation sites (N-methyl/N-ethyl adjacent to an activating group) is 1. The second-order valence-electron chi connectivity index (χ2n) is 7.23. The van der Waals surface area contributed by atoms with Crippen LogP contribution in [0.4, 0.5) is 11.6 Å². The van der Waals surface area contributed by atoms with Gasteiger partial charge < -0.3 is 19.9 Å². The second-order valence-corrected chi connectivity index (χ2v) is 7.23. The Morgan fingerprint density at radius 3 is 2.48 bits per heavy atom. The molecule has 2 fully saturated rings. The smallest absolute Gasteiger partial charge is 0.172 e. The van der Waals surface area contributed by atoms with Gasteiger partial charge in [0.15, 0.2) is 11.6 Å². The Balaban J connectivity index is 1.62. The highest BCUT2D eigenvalue weighted by atomic mass is 16.5. The molecule has 1 saturated heterocycles. The van der Waals surface area contributed by atoms with Crippen molar-refractivity contribution >= 4 is 22.7 Å². The average molecular weight is 341 g/mol. The number of hydrogen-bond acceptors (Lipinski definition) is 6. The number of nitrogens with zero attached hydrogens (tertiary/aromatic N) is 4. The van der Waals surface area contributed by atoms with Crippen LogP contribution in [0, 0.1) is 5.92 Å². The fraction of sp³-hybridized carbons (Fsp3) is 0.579. The summed E-state index contributed by atoms with van der Waals surface area (Å²) in [5.41, 5.74) is 1.88.